The van der Waals surface area contributed by atoms with E-state index in [0.717, 1.165) is 41.1 Å². The lowest BCUT2D eigenvalue weighted by molar-refractivity contribution is 0.0272. The molecule has 3 aromatic rings. The molecule has 2 atom stereocenters. The van der Waals surface area contributed by atoms with Crippen molar-refractivity contribution in [2.45, 2.75) is 58.0 Å². The Morgan fingerprint density at radius 3 is 2.71 bits per heavy atom. The van der Waals surface area contributed by atoms with E-state index in [2.05, 4.69) is 27.6 Å². The number of aryl methyl sites for hydroxylation is 1. The van der Waals surface area contributed by atoms with Gasteiger partial charge in [0.1, 0.15) is 11.2 Å². The van der Waals surface area contributed by atoms with E-state index >= 15 is 0 Å². The molecule has 5 rings (SSSR count). The number of amides is 1. The summed E-state index contributed by atoms with van der Waals surface area (Å²) in [5.41, 5.74) is 4.54. The summed E-state index contributed by atoms with van der Waals surface area (Å²) in [7, 11) is 1.84. The van der Waals surface area contributed by atoms with E-state index in [0.29, 0.717) is 25.3 Å². The van der Waals surface area contributed by atoms with E-state index in [1.807, 2.05) is 56.9 Å². The van der Waals surface area contributed by atoms with Crippen molar-refractivity contribution in [3.63, 3.8) is 0 Å². The highest BCUT2D eigenvalue weighted by Crippen LogP contribution is 2.55. The van der Waals surface area contributed by atoms with Gasteiger partial charge in [0.05, 0.1) is 29.9 Å². The van der Waals surface area contributed by atoms with Crippen LogP contribution < -0.4 is 0 Å². The molecule has 3 heterocycles. The second kappa shape index (κ2) is 10.1. The van der Waals surface area contributed by atoms with Gasteiger partial charge in [0.2, 0.25) is 0 Å². The first-order valence-electron chi connectivity index (χ1n) is 13.0. The quantitative estimate of drug-likeness (QED) is 0.443. The van der Waals surface area contributed by atoms with E-state index in [4.69, 9.17) is 9.47 Å². The van der Waals surface area contributed by atoms with Gasteiger partial charge in [-0.15, -0.1) is 5.10 Å². The Morgan fingerprint density at radius 1 is 1.18 bits per heavy atom. The molecule has 1 amide bonds. The summed E-state index contributed by atoms with van der Waals surface area (Å²) in [5.74, 6) is -0.134. The maximum Gasteiger partial charge on any atom is 0.410 e. The molecular formula is C28H34N6O4. The molecule has 1 aliphatic heterocycles. The van der Waals surface area contributed by atoms with Crippen LogP contribution in [0.1, 0.15) is 79.7 Å². The fraction of sp³-hybridized carbons (Fsp3) is 0.464. The molecule has 1 aliphatic carbocycles. The Labute approximate surface area is 222 Å². The maximum absolute atomic E-state index is 12.8. The van der Waals surface area contributed by atoms with Gasteiger partial charge in [-0.3, -0.25) is 4.68 Å². The topological polar surface area (TPSA) is 104 Å². The number of nitrogens with zero attached hydrogens (tertiary/aromatic N) is 6. The van der Waals surface area contributed by atoms with Crippen LogP contribution in [0.2, 0.25) is 0 Å². The van der Waals surface area contributed by atoms with Crippen LogP contribution in [0.4, 0.5) is 4.79 Å². The first-order valence-corrected chi connectivity index (χ1v) is 13.0. The molecule has 10 nitrogen and oxygen atoms in total. The molecule has 0 radical (unpaired) electrons. The van der Waals surface area contributed by atoms with Gasteiger partial charge in [-0.2, -0.15) is 5.10 Å². The van der Waals surface area contributed by atoms with Crippen molar-refractivity contribution in [1.29, 1.82) is 0 Å². The highest BCUT2D eigenvalue weighted by atomic mass is 16.6. The molecule has 0 unspecified atom stereocenters. The molecular weight excluding hydrogens is 484 g/mol. The fourth-order valence-corrected chi connectivity index (χ4v) is 4.92. The summed E-state index contributed by atoms with van der Waals surface area (Å²) in [5, 5.41) is 13.0. The summed E-state index contributed by atoms with van der Waals surface area (Å²) < 4.78 is 14.5. The molecule has 1 saturated carbocycles. The predicted molar refractivity (Wildman–Crippen MR) is 141 cm³/mol. The average Bonchev–Trinajstić information content (AvgIpc) is 3.33. The third-order valence-corrected chi connectivity index (χ3v) is 6.71. The molecule has 0 spiro atoms. The average molecular weight is 519 g/mol. The molecule has 200 valence electrons. The summed E-state index contributed by atoms with van der Waals surface area (Å²) in [6, 6.07) is 8.03. The van der Waals surface area contributed by atoms with Crippen molar-refractivity contribution in [2.24, 2.45) is 7.05 Å². The largest absolute Gasteiger partial charge is 0.462 e. The van der Waals surface area contributed by atoms with Gasteiger partial charge < -0.3 is 14.4 Å². The second-order valence-electron chi connectivity index (χ2n) is 10.8. The Morgan fingerprint density at radius 2 is 2.00 bits per heavy atom. The summed E-state index contributed by atoms with van der Waals surface area (Å²) in [6.45, 7) is 8.79. The molecule has 10 heteroatoms. The van der Waals surface area contributed by atoms with Crippen LogP contribution in [-0.2, 0) is 16.5 Å². The van der Waals surface area contributed by atoms with Gasteiger partial charge in [-0.25, -0.2) is 14.3 Å². The van der Waals surface area contributed by atoms with Crippen LogP contribution in [0.25, 0.3) is 11.3 Å². The third-order valence-electron chi connectivity index (χ3n) is 6.71. The van der Waals surface area contributed by atoms with Gasteiger partial charge in [0.15, 0.2) is 0 Å². The zero-order valence-electron chi connectivity index (χ0n) is 22.5. The number of ether oxygens (including phenoxy) is 2. The maximum atomic E-state index is 12.8. The number of hydrogen-bond donors (Lipinski definition) is 0. The van der Waals surface area contributed by atoms with Gasteiger partial charge in [0.25, 0.3) is 0 Å². The van der Waals surface area contributed by atoms with Crippen molar-refractivity contribution < 1.29 is 19.1 Å². The lowest BCUT2D eigenvalue weighted by atomic mass is 10.0. The molecule has 0 bridgehead atoms. The monoisotopic (exact) mass is 518 g/mol. The number of esters is 1. The third kappa shape index (κ3) is 5.34. The normalized spacial score (nSPS) is 19.2. The minimum Gasteiger partial charge on any atom is -0.462 e. The highest BCUT2D eigenvalue weighted by Gasteiger charge is 2.46. The molecule has 2 aliphatic rings. The molecule has 2 aromatic heterocycles. The van der Waals surface area contributed by atoms with Crippen molar-refractivity contribution in [3.05, 3.63) is 65.2 Å². The van der Waals surface area contributed by atoms with Gasteiger partial charge in [-0.1, -0.05) is 23.4 Å². The molecule has 0 saturated heterocycles. The Balaban J connectivity index is 1.44. The number of aromatic nitrogens is 5. The van der Waals surface area contributed by atoms with Crippen molar-refractivity contribution in [1.82, 2.24) is 29.7 Å². The minimum absolute atomic E-state index is 0.0776. The van der Waals surface area contributed by atoms with Gasteiger partial charge in [0, 0.05) is 38.2 Å². The van der Waals surface area contributed by atoms with Crippen LogP contribution in [-0.4, -0.2) is 67.0 Å². The zero-order valence-corrected chi connectivity index (χ0v) is 22.5. The van der Waals surface area contributed by atoms with E-state index in [9.17, 15) is 9.59 Å². The predicted octanol–water partition coefficient (Wildman–Crippen LogP) is 4.47. The Bertz CT molecular complexity index is 1380. The van der Waals surface area contributed by atoms with Gasteiger partial charge in [-0.05, 0) is 63.8 Å². The minimum atomic E-state index is -0.544. The van der Waals surface area contributed by atoms with Crippen LogP contribution in [0.15, 0.2) is 42.7 Å². The number of carbonyl (C=O) groups is 2. The van der Waals surface area contributed by atoms with E-state index in [1.165, 1.54) is 0 Å². The number of hydrogen-bond acceptors (Lipinski definition) is 7. The number of rotatable bonds is 6. The second-order valence-corrected chi connectivity index (χ2v) is 10.8. The highest BCUT2D eigenvalue weighted by molar-refractivity contribution is 5.91. The smallest absolute Gasteiger partial charge is 0.410 e. The Kier molecular flexibility index (Phi) is 6.81. The first-order chi connectivity index (χ1) is 18.1. The van der Waals surface area contributed by atoms with Crippen molar-refractivity contribution >= 4 is 17.6 Å². The van der Waals surface area contributed by atoms with E-state index in [1.54, 1.807) is 22.7 Å². The summed E-state index contributed by atoms with van der Waals surface area (Å²) >= 11 is 0. The molecule has 0 N–H and O–H groups in total. The molecule has 38 heavy (non-hydrogen) atoms. The number of benzene rings is 1. The van der Waals surface area contributed by atoms with Crippen molar-refractivity contribution in [2.75, 3.05) is 19.7 Å². The first kappa shape index (κ1) is 25.7. The standard InChI is InChI=1S/C28H34N6O4/c1-6-37-26(35)23-15-29-34(25(23)22-14-21(22)24-17-32(5)31-30-24)20-11-7-9-18(13-20)19-10-8-12-33(16-19)27(36)38-28(2,3)4/h7,9-11,13,15,17,21-22H,6,8,12,14,16H2,1-5H3/t21-,22-/m1/s1. The zero-order chi connectivity index (χ0) is 27.0. The Hall–Kier alpha value is -3.95. The van der Waals surface area contributed by atoms with Crippen LogP contribution in [0.5, 0.6) is 0 Å². The molecule has 1 fully saturated rings. The number of carbonyl (C=O) groups excluding carboxylic acids is 2. The fourth-order valence-electron chi connectivity index (χ4n) is 4.92. The SMILES string of the molecule is CCOC(=O)c1cnn(-c2cccc(C3=CCCN(C(=O)OC(C)(C)C)C3)c2)c1[C@@H]1C[C@H]1c1cn(C)nn1. The lowest BCUT2D eigenvalue weighted by Gasteiger charge is -2.30. The van der Waals surface area contributed by atoms with Crippen LogP contribution in [0.3, 0.4) is 0 Å². The van der Waals surface area contributed by atoms with E-state index in [-0.39, 0.29) is 23.9 Å². The van der Waals surface area contributed by atoms with Crippen LogP contribution in [0, 0.1) is 0 Å². The summed E-state index contributed by atoms with van der Waals surface area (Å²) in [6.07, 6.45) is 6.97. The lowest BCUT2D eigenvalue weighted by Crippen LogP contribution is -2.39. The van der Waals surface area contributed by atoms with Crippen molar-refractivity contribution in [3.8, 4) is 5.69 Å². The van der Waals surface area contributed by atoms with Gasteiger partial charge >= 0.3 is 12.1 Å². The van der Waals surface area contributed by atoms with E-state index < -0.39 is 5.60 Å². The van der Waals surface area contributed by atoms with Crippen LogP contribution >= 0.6 is 0 Å². The summed E-state index contributed by atoms with van der Waals surface area (Å²) in [4.78, 5) is 27.3. The molecule has 1 aromatic carbocycles.